The van der Waals surface area contributed by atoms with Gasteiger partial charge in [0.05, 0.1) is 5.69 Å². The minimum absolute atomic E-state index is 0.178. The van der Waals surface area contributed by atoms with Crippen molar-refractivity contribution in [3.63, 3.8) is 0 Å². The second kappa shape index (κ2) is 12.2. The van der Waals surface area contributed by atoms with Crippen molar-refractivity contribution < 1.29 is 23.9 Å². The molecule has 1 aliphatic heterocycles. The fourth-order valence-corrected chi connectivity index (χ4v) is 4.54. The molecule has 0 bridgehead atoms. The number of carbonyl (C=O) groups is 3. The molecule has 41 heavy (non-hydrogen) atoms. The summed E-state index contributed by atoms with van der Waals surface area (Å²) in [6, 6.07) is 26.7. The van der Waals surface area contributed by atoms with Crippen molar-refractivity contribution in [1.29, 1.82) is 0 Å². The third-order valence-corrected chi connectivity index (χ3v) is 7.23. The highest BCUT2D eigenvalue weighted by molar-refractivity contribution is 9.10. The summed E-state index contributed by atoms with van der Waals surface area (Å²) in [6.45, 7) is 4.78. The standard InChI is InChI=1S/C33H27BrN2O5/c1-21-7-8-24(17-22(21)2)20-41-30-6-4-3-5-25(30)18-29-31(37)35-33(39)36(32(29)38)27-13-15-28(16-14-27)40-19-23-9-11-26(34)12-10-23/h3-18H,19-20H2,1-2H3,(H,35,37,39)/b29-18+. The smallest absolute Gasteiger partial charge is 0.335 e. The van der Waals surface area contributed by atoms with Gasteiger partial charge in [-0.15, -0.1) is 0 Å². The minimum atomic E-state index is -0.819. The quantitative estimate of drug-likeness (QED) is 0.173. The molecule has 1 N–H and O–H groups in total. The lowest BCUT2D eigenvalue weighted by Gasteiger charge is -2.26. The number of benzene rings is 4. The van der Waals surface area contributed by atoms with E-state index in [2.05, 4.69) is 34.2 Å². The summed E-state index contributed by atoms with van der Waals surface area (Å²) >= 11 is 3.41. The monoisotopic (exact) mass is 610 g/mol. The number of amides is 4. The first-order chi connectivity index (χ1) is 19.8. The lowest BCUT2D eigenvalue weighted by atomic mass is 10.1. The molecule has 0 saturated carbocycles. The van der Waals surface area contributed by atoms with E-state index in [-0.39, 0.29) is 5.57 Å². The number of barbiturate groups is 1. The topological polar surface area (TPSA) is 84.9 Å². The summed E-state index contributed by atoms with van der Waals surface area (Å²) in [5.74, 6) is -0.418. The minimum Gasteiger partial charge on any atom is -0.489 e. The van der Waals surface area contributed by atoms with Crippen LogP contribution in [-0.4, -0.2) is 17.8 Å². The van der Waals surface area contributed by atoms with Gasteiger partial charge in [0.15, 0.2) is 0 Å². The molecule has 4 aromatic rings. The van der Waals surface area contributed by atoms with Gasteiger partial charge in [0, 0.05) is 10.0 Å². The molecule has 1 heterocycles. The molecule has 206 valence electrons. The third kappa shape index (κ3) is 6.56. The zero-order chi connectivity index (χ0) is 28.9. The van der Waals surface area contributed by atoms with Crippen LogP contribution in [0.4, 0.5) is 10.5 Å². The highest BCUT2D eigenvalue weighted by Gasteiger charge is 2.37. The first-order valence-electron chi connectivity index (χ1n) is 13.0. The number of halogens is 1. The number of rotatable bonds is 8. The molecular formula is C33H27BrN2O5. The Morgan fingerprint density at radius 2 is 1.46 bits per heavy atom. The van der Waals surface area contributed by atoms with Crippen LogP contribution in [0.2, 0.25) is 0 Å². The lowest BCUT2D eigenvalue weighted by molar-refractivity contribution is -0.122. The summed E-state index contributed by atoms with van der Waals surface area (Å²) in [6.07, 6.45) is 1.45. The predicted molar refractivity (Wildman–Crippen MR) is 161 cm³/mol. The number of anilines is 1. The predicted octanol–water partition coefficient (Wildman–Crippen LogP) is 6.89. The molecule has 1 fully saturated rings. The molecule has 0 aliphatic carbocycles. The summed E-state index contributed by atoms with van der Waals surface area (Å²) < 4.78 is 12.9. The van der Waals surface area contributed by atoms with Crippen molar-refractivity contribution >= 4 is 45.5 Å². The Balaban J connectivity index is 1.33. The zero-order valence-electron chi connectivity index (χ0n) is 22.5. The molecule has 0 radical (unpaired) electrons. The second-order valence-electron chi connectivity index (χ2n) is 9.61. The Labute approximate surface area is 246 Å². The Kier molecular flexibility index (Phi) is 8.31. The van der Waals surface area contributed by atoms with Crippen molar-refractivity contribution in [2.24, 2.45) is 0 Å². The van der Waals surface area contributed by atoms with E-state index in [0.29, 0.717) is 36.0 Å². The number of carbonyl (C=O) groups excluding carboxylic acids is 3. The van der Waals surface area contributed by atoms with E-state index in [1.807, 2.05) is 49.4 Å². The second-order valence-corrected chi connectivity index (χ2v) is 10.5. The van der Waals surface area contributed by atoms with Crippen molar-refractivity contribution in [3.8, 4) is 11.5 Å². The van der Waals surface area contributed by atoms with Crippen LogP contribution in [-0.2, 0) is 22.8 Å². The molecular weight excluding hydrogens is 584 g/mol. The molecule has 7 nitrogen and oxygen atoms in total. The number of nitrogens with zero attached hydrogens (tertiary/aromatic N) is 1. The molecule has 4 aromatic carbocycles. The molecule has 0 atom stereocenters. The van der Waals surface area contributed by atoms with Crippen LogP contribution in [0.15, 0.2) is 101 Å². The van der Waals surface area contributed by atoms with Gasteiger partial charge in [0.2, 0.25) is 0 Å². The van der Waals surface area contributed by atoms with Crippen LogP contribution in [0.25, 0.3) is 6.08 Å². The van der Waals surface area contributed by atoms with Gasteiger partial charge >= 0.3 is 6.03 Å². The van der Waals surface area contributed by atoms with Gasteiger partial charge in [-0.25, -0.2) is 9.69 Å². The van der Waals surface area contributed by atoms with E-state index in [9.17, 15) is 14.4 Å². The van der Waals surface area contributed by atoms with E-state index < -0.39 is 17.8 Å². The van der Waals surface area contributed by atoms with Crippen molar-refractivity contribution in [2.45, 2.75) is 27.1 Å². The third-order valence-electron chi connectivity index (χ3n) is 6.70. The van der Waals surface area contributed by atoms with Crippen molar-refractivity contribution in [1.82, 2.24) is 5.32 Å². The summed E-state index contributed by atoms with van der Waals surface area (Å²) in [7, 11) is 0. The Morgan fingerprint density at radius 1 is 0.780 bits per heavy atom. The summed E-state index contributed by atoms with van der Waals surface area (Å²) in [5.41, 5.74) is 5.03. The van der Waals surface area contributed by atoms with Gasteiger partial charge in [-0.1, -0.05) is 64.5 Å². The molecule has 4 amide bonds. The van der Waals surface area contributed by atoms with Gasteiger partial charge in [-0.05, 0) is 84.6 Å². The first kappa shape index (κ1) is 27.9. The number of aryl methyl sites for hydroxylation is 2. The van der Waals surface area contributed by atoms with Crippen LogP contribution < -0.4 is 19.7 Å². The molecule has 0 aromatic heterocycles. The van der Waals surface area contributed by atoms with Crippen molar-refractivity contribution in [3.05, 3.63) is 129 Å². The fourth-order valence-electron chi connectivity index (χ4n) is 4.27. The van der Waals surface area contributed by atoms with Crippen LogP contribution in [0.5, 0.6) is 11.5 Å². The van der Waals surface area contributed by atoms with Gasteiger partial charge in [-0.2, -0.15) is 0 Å². The van der Waals surface area contributed by atoms with Crippen LogP contribution in [0, 0.1) is 13.8 Å². The Hall–Kier alpha value is -4.69. The van der Waals surface area contributed by atoms with Crippen LogP contribution in [0.3, 0.4) is 0 Å². The van der Waals surface area contributed by atoms with Gasteiger partial charge in [0.25, 0.3) is 11.8 Å². The first-order valence-corrected chi connectivity index (χ1v) is 13.7. The largest absolute Gasteiger partial charge is 0.489 e. The highest BCUT2D eigenvalue weighted by atomic mass is 79.9. The average Bonchev–Trinajstić information content (AvgIpc) is 2.96. The molecule has 5 rings (SSSR count). The van der Waals surface area contributed by atoms with E-state index in [0.717, 1.165) is 20.5 Å². The molecule has 0 spiro atoms. The number of nitrogens with one attached hydrogen (secondary N) is 1. The summed E-state index contributed by atoms with van der Waals surface area (Å²) in [5, 5.41) is 2.27. The van der Waals surface area contributed by atoms with Gasteiger partial charge in [0.1, 0.15) is 30.3 Å². The number of imide groups is 2. The van der Waals surface area contributed by atoms with Gasteiger partial charge in [-0.3, -0.25) is 14.9 Å². The average molecular weight is 611 g/mol. The summed E-state index contributed by atoms with van der Waals surface area (Å²) in [4.78, 5) is 39.8. The van der Waals surface area contributed by atoms with Gasteiger partial charge < -0.3 is 9.47 Å². The Bertz CT molecular complexity index is 1650. The zero-order valence-corrected chi connectivity index (χ0v) is 24.1. The number of hydrogen-bond acceptors (Lipinski definition) is 5. The number of urea groups is 1. The maximum Gasteiger partial charge on any atom is 0.335 e. The highest BCUT2D eigenvalue weighted by Crippen LogP contribution is 2.27. The fraction of sp³-hybridized carbons (Fsp3) is 0.121. The molecule has 0 unspecified atom stereocenters. The van der Waals surface area contributed by atoms with Crippen molar-refractivity contribution in [2.75, 3.05) is 4.90 Å². The SMILES string of the molecule is Cc1ccc(COc2ccccc2/C=C2\C(=O)NC(=O)N(c3ccc(OCc4ccc(Br)cc4)cc3)C2=O)cc1C. The maximum atomic E-state index is 13.4. The molecule has 1 aliphatic rings. The maximum absolute atomic E-state index is 13.4. The Morgan fingerprint density at radius 3 is 2.20 bits per heavy atom. The van der Waals surface area contributed by atoms with Crippen LogP contribution in [0.1, 0.15) is 27.8 Å². The van der Waals surface area contributed by atoms with E-state index in [1.165, 1.54) is 17.2 Å². The normalized spacial score (nSPS) is 14.3. The molecule has 8 heteroatoms. The van der Waals surface area contributed by atoms with Crippen LogP contribution >= 0.6 is 15.9 Å². The van der Waals surface area contributed by atoms with E-state index in [1.54, 1.807) is 42.5 Å². The lowest BCUT2D eigenvalue weighted by Crippen LogP contribution is -2.54. The van der Waals surface area contributed by atoms with E-state index >= 15 is 0 Å². The van der Waals surface area contributed by atoms with E-state index in [4.69, 9.17) is 9.47 Å². The molecule has 1 saturated heterocycles. The number of ether oxygens (including phenoxy) is 2. The number of hydrogen-bond donors (Lipinski definition) is 1. The number of para-hydroxylation sites is 1.